The lowest BCUT2D eigenvalue weighted by atomic mass is 9.90. The highest BCUT2D eigenvalue weighted by Gasteiger charge is 2.61. The summed E-state index contributed by atoms with van der Waals surface area (Å²) in [5.41, 5.74) is 5.25. The number of ether oxygens (including phenoxy) is 3. The molecule has 1 aromatic carbocycles. The van der Waals surface area contributed by atoms with Gasteiger partial charge in [0, 0.05) is 22.1 Å². The van der Waals surface area contributed by atoms with Gasteiger partial charge in [0.05, 0.1) is 11.2 Å². The Morgan fingerprint density at radius 1 is 0.808 bits per heavy atom. The maximum Gasteiger partial charge on any atom is 0.353 e. The molecule has 1 saturated heterocycles. The van der Waals surface area contributed by atoms with Crippen LogP contribution in [0.5, 0.6) is 5.75 Å². The van der Waals surface area contributed by atoms with Crippen molar-refractivity contribution >= 4 is 16.5 Å². The first-order valence-electron chi connectivity index (χ1n) is 9.21. The van der Waals surface area contributed by atoms with Crippen LogP contribution in [0.1, 0.15) is 64.0 Å². The van der Waals surface area contributed by atoms with Gasteiger partial charge in [-0.25, -0.2) is 0 Å². The fourth-order valence-corrected chi connectivity index (χ4v) is 3.92. The van der Waals surface area contributed by atoms with Gasteiger partial charge >= 0.3 is 5.97 Å². The van der Waals surface area contributed by atoms with E-state index in [2.05, 4.69) is 26.8 Å². The predicted molar refractivity (Wildman–Crippen MR) is 102 cm³/mol. The van der Waals surface area contributed by atoms with Crippen LogP contribution in [0.2, 0.25) is 0 Å². The van der Waals surface area contributed by atoms with Crippen molar-refractivity contribution in [2.24, 2.45) is 0 Å². The zero-order chi connectivity index (χ0) is 19.2. The fourth-order valence-electron chi connectivity index (χ4n) is 3.92. The molecule has 0 bridgehead atoms. The number of fused-ring (bicyclic) bond motifs is 2. The Kier molecular flexibility index (Phi) is 3.34. The summed E-state index contributed by atoms with van der Waals surface area (Å²) in [6.07, 6.45) is 0. The maximum absolute atomic E-state index is 6.49. The molecular weight excluding hydrogens is 328 g/mol. The summed E-state index contributed by atoms with van der Waals surface area (Å²) in [7, 11) is 0. The normalized spacial score (nSPS) is 22.8. The quantitative estimate of drug-likeness (QED) is 0.598. The van der Waals surface area contributed by atoms with Gasteiger partial charge in [-0.15, -0.1) is 0 Å². The van der Waals surface area contributed by atoms with Crippen molar-refractivity contribution in [3.05, 3.63) is 34.1 Å². The number of furan rings is 1. The molecule has 4 heteroatoms. The summed E-state index contributed by atoms with van der Waals surface area (Å²) in [6, 6.07) is 2.08. The Balaban J connectivity index is 1.97. The Bertz CT molecular complexity index is 956. The van der Waals surface area contributed by atoms with E-state index in [9.17, 15) is 0 Å². The molecule has 4 rings (SSSR count). The van der Waals surface area contributed by atoms with E-state index in [1.807, 2.05) is 41.5 Å². The molecule has 140 valence electrons. The summed E-state index contributed by atoms with van der Waals surface area (Å²) >= 11 is 0. The predicted octanol–water partition coefficient (Wildman–Crippen LogP) is 5.80. The van der Waals surface area contributed by atoms with Crippen molar-refractivity contribution in [2.75, 3.05) is 0 Å². The molecule has 26 heavy (non-hydrogen) atoms. The van der Waals surface area contributed by atoms with Crippen LogP contribution in [0.3, 0.4) is 0 Å². The van der Waals surface area contributed by atoms with E-state index in [0.717, 1.165) is 50.3 Å². The van der Waals surface area contributed by atoms with Gasteiger partial charge in [0.2, 0.25) is 0 Å². The highest BCUT2D eigenvalue weighted by molar-refractivity contribution is 5.93. The average molecular weight is 356 g/mol. The number of hydrogen-bond donors (Lipinski definition) is 0. The number of aryl methyl sites for hydroxylation is 3. The molecule has 2 aliphatic heterocycles. The molecule has 2 aromatic rings. The van der Waals surface area contributed by atoms with Crippen molar-refractivity contribution in [3.8, 4) is 5.75 Å². The second-order valence-corrected chi connectivity index (χ2v) is 8.67. The highest BCUT2D eigenvalue weighted by Crippen LogP contribution is 2.54. The largest absolute Gasteiger partial charge is 0.461 e. The lowest BCUT2D eigenvalue weighted by Gasteiger charge is -2.37. The molecule has 1 spiro atoms. The molecule has 1 aromatic heterocycles. The smallest absolute Gasteiger partial charge is 0.353 e. The fraction of sp³-hybridized carbons (Fsp3) is 0.545. The standard InChI is InChI=1S/C22H28O4/c1-11-14(4)22(25-20(6,7)21(8,9)26-22)24-19-13(3)18-12(2)15(5)23-17(18)10-16(11)19/h10H,1-9H3. The minimum atomic E-state index is -1.19. The molecule has 0 amide bonds. The van der Waals surface area contributed by atoms with Crippen LogP contribution in [0, 0.1) is 20.8 Å². The topological polar surface area (TPSA) is 40.8 Å². The molecule has 0 unspecified atom stereocenters. The van der Waals surface area contributed by atoms with E-state index < -0.39 is 17.2 Å². The molecule has 0 atom stereocenters. The number of allylic oxidation sites excluding steroid dienone is 1. The molecule has 1 fully saturated rings. The van der Waals surface area contributed by atoms with Crippen LogP contribution >= 0.6 is 0 Å². The summed E-state index contributed by atoms with van der Waals surface area (Å²) in [4.78, 5) is 0. The van der Waals surface area contributed by atoms with E-state index in [0.29, 0.717) is 0 Å². The van der Waals surface area contributed by atoms with Crippen molar-refractivity contribution in [2.45, 2.75) is 79.5 Å². The Morgan fingerprint density at radius 2 is 1.38 bits per heavy atom. The summed E-state index contributed by atoms with van der Waals surface area (Å²) in [5.74, 6) is 0.571. The molecule has 3 heterocycles. The molecule has 0 N–H and O–H groups in total. The van der Waals surface area contributed by atoms with E-state index in [1.54, 1.807) is 0 Å². The van der Waals surface area contributed by atoms with E-state index in [4.69, 9.17) is 18.6 Å². The van der Waals surface area contributed by atoms with Crippen LogP contribution in [0.25, 0.3) is 16.5 Å². The van der Waals surface area contributed by atoms with Crippen LogP contribution in [-0.4, -0.2) is 17.2 Å². The average Bonchev–Trinajstić information content (AvgIpc) is 2.90. The Labute approximate surface area is 155 Å². The molecule has 0 radical (unpaired) electrons. The third-order valence-corrected chi connectivity index (χ3v) is 6.54. The first-order chi connectivity index (χ1) is 11.9. The van der Waals surface area contributed by atoms with Crippen molar-refractivity contribution in [1.29, 1.82) is 0 Å². The van der Waals surface area contributed by atoms with Crippen LogP contribution < -0.4 is 4.74 Å². The third kappa shape index (κ3) is 2.03. The first-order valence-corrected chi connectivity index (χ1v) is 9.21. The summed E-state index contributed by atoms with van der Waals surface area (Å²) in [5, 5.41) is 1.11. The monoisotopic (exact) mass is 356 g/mol. The second kappa shape index (κ2) is 4.93. The summed E-state index contributed by atoms with van der Waals surface area (Å²) in [6.45, 7) is 18.5. The lowest BCUT2D eigenvalue weighted by Crippen LogP contribution is -2.43. The lowest BCUT2D eigenvalue weighted by molar-refractivity contribution is -0.283. The minimum Gasteiger partial charge on any atom is -0.461 e. The van der Waals surface area contributed by atoms with E-state index in [1.165, 1.54) is 0 Å². The zero-order valence-corrected chi connectivity index (χ0v) is 17.2. The third-order valence-electron chi connectivity index (χ3n) is 6.54. The van der Waals surface area contributed by atoms with Crippen molar-refractivity contribution < 1.29 is 18.6 Å². The van der Waals surface area contributed by atoms with Gasteiger partial charge in [-0.2, -0.15) is 0 Å². The molecule has 0 saturated carbocycles. The minimum absolute atomic E-state index is 0.480. The zero-order valence-electron chi connectivity index (χ0n) is 17.2. The molecule has 0 aliphatic carbocycles. The van der Waals surface area contributed by atoms with E-state index >= 15 is 0 Å². The molecule has 2 aliphatic rings. The van der Waals surface area contributed by atoms with Gasteiger partial charge in [-0.05, 0) is 79.5 Å². The highest BCUT2D eigenvalue weighted by atomic mass is 16.9. The SMILES string of the molecule is CC1=C(C)C2(Oc3c1cc1oc(C)c(C)c1c3C)OC(C)(C)C(C)(C)O2. The van der Waals surface area contributed by atoms with Gasteiger partial charge in [-0.3, -0.25) is 0 Å². The van der Waals surface area contributed by atoms with Crippen LogP contribution in [-0.2, 0) is 9.47 Å². The van der Waals surface area contributed by atoms with Crippen molar-refractivity contribution in [1.82, 2.24) is 0 Å². The van der Waals surface area contributed by atoms with Gasteiger partial charge in [-0.1, -0.05) is 0 Å². The number of hydrogen-bond acceptors (Lipinski definition) is 4. The molecule has 4 nitrogen and oxygen atoms in total. The Morgan fingerprint density at radius 3 is 1.96 bits per heavy atom. The van der Waals surface area contributed by atoms with Gasteiger partial charge < -0.3 is 18.6 Å². The number of rotatable bonds is 0. The van der Waals surface area contributed by atoms with Gasteiger partial charge in [0.15, 0.2) is 0 Å². The number of benzene rings is 1. The van der Waals surface area contributed by atoms with E-state index in [-0.39, 0.29) is 0 Å². The van der Waals surface area contributed by atoms with Crippen LogP contribution in [0.4, 0.5) is 0 Å². The first kappa shape index (κ1) is 17.6. The molecular formula is C22H28O4. The summed E-state index contributed by atoms with van der Waals surface area (Å²) < 4.78 is 25.3. The maximum atomic E-state index is 6.49. The second-order valence-electron chi connectivity index (χ2n) is 8.67. The van der Waals surface area contributed by atoms with Crippen molar-refractivity contribution in [3.63, 3.8) is 0 Å². The Hall–Kier alpha value is -1.78. The van der Waals surface area contributed by atoms with Gasteiger partial charge in [0.25, 0.3) is 0 Å². The van der Waals surface area contributed by atoms with Gasteiger partial charge in [0.1, 0.15) is 17.1 Å². The van der Waals surface area contributed by atoms with Crippen LogP contribution in [0.15, 0.2) is 16.1 Å².